The minimum Gasteiger partial charge on any atom is -0.353 e. The van der Waals surface area contributed by atoms with Gasteiger partial charge in [-0.25, -0.2) is 27.2 Å². The summed E-state index contributed by atoms with van der Waals surface area (Å²) in [7, 11) is -3.60. The molecule has 31 heavy (non-hydrogen) atoms. The topological polar surface area (TPSA) is 66.4 Å². The van der Waals surface area contributed by atoms with E-state index in [2.05, 4.69) is 9.97 Å². The van der Waals surface area contributed by atoms with Crippen molar-refractivity contribution in [1.82, 2.24) is 14.3 Å². The molecule has 6 nitrogen and oxygen atoms in total. The Hall–Kier alpha value is -2.65. The van der Waals surface area contributed by atoms with E-state index >= 15 is 0 Å². The average molecular weight is 445 g/mol. The lowest BCUT2D eigenvalue weighted by Gasteiger charge is -2.35. The predicted octanol–water partition coefficient (Wildman–Crippen LogP) is 3.57. The monoisotopic (exact) mass is 444 g/mol. The molecule has 2 heterocycles. The van der Waals surface area contributed by atoms with Crippen molar-refractivity contribution in [2.75, 3.05) is 31.1 Å². The Bertz CT molecular complexity index is 1240. The summed E-state index contributed by atoms with van der Waals surface area (Å²) in [4.78, 5) is 10.3. The Morgan fingerprint density at radius 3 is 2.42 bits per heavy atom. The van der Waals surface area contributed by atoms with E-state index in [1.807, 2.05) is 17.0 Å². The summed E-state index contributed by atoms with van der Waals surface area (Å²) in [5, 5.41) is 0.682. The van der Waals surface area contributed by atoms with Crippen LogP contribution in [0.2, 0.25) is 0 Å². The number of nitrogens with zero attached hydrogens (tertiary/aromatic N) is 4. The van der Waals surface area contributed by atoms with Crippen molar-refractivity contribution in [1.29, 1.82) is 0 Å². The Morgan fingerprint density at radius 2 is 1.65 bits per heavy atom. The number of benzene rings is 2. The molecule has 0 radical (unpaired) electrons. The number of aryl methyl sites for hydroxylation is 2. The Balaban J connectivity index is 1.39. The van der Waals surface area contributed by atoms with Crippen LogP contribution >= 0.6 is 0 Å². The molecular formula is C22H22F2N4O2S. The van der Waals surface area contributed by atoms with Gasteiger partial charge in [0.05, 0.1) is 10.4 Å². The molecule has 5 rings (SSSR count). The van der Waals surface area contributed by atoms with E-state index in [1.54, 1.807) is 30.3 Å². The Kier molecular flexibility index (Phi) is 5.10. The van der Waals surface area contributed by atoms with Crippen LogP contribution in [0, 0.1) is 0 Å². The number of halogens is 2. The maximum Gasteiger partial charge on any atom is 0.297 e. The van der Waals surface area contributed by atoms with Gasteiger partial charge >= 0.3 is 0 Å². The minimum atomic E-state index is -3.60. The first-order valence-corrected chi connectivity index (χ1v) is 11.8. The molecule has 1 aromatic heterocycles. The van der Waals surface area contributed by atoms with Crippen molar-refractivity contribution in [3.63, 3.8) is 0 Å². The zero-order valence-corrected chi connectivity index (χ0v) is 17.7. The van der Waals surface area contributed by atoms with Crippen LogP contribution in [0.4, 0.5) is 14.6 Å². The molecule has 1 aliphatic heterocycles. The van der Waals surface area contributed by atoms with Gasteiger partial charge in [0, 0.05) is 31.6 Å². The highest BCUT2D eigenvalue weighted by Crippen LogP contribution is 2.30. The van der Waals surface area contributed by atoms with Gasteiger partial charge in [-0.15, -0.1) is 0 Å². The van der Waals surface area contributed by atoms with Crippen molar-refractivity contribution >= 4 is 26.7 Å². The van der Waals surface area contributed by atoms with Crippen LogP contribution in [0.5, 0.6) is 0 Å². The first-order chi connectivity index (χ1) is 14.9. The number of fused-ring (bicyclic) bond motifs is 2. The van der Waals surface area contributed by atoms with Crippen LogP contribution in [0.1, 0.15) is 29.8 Å². The van der Waals surface area contributed by atoms with Gasteiger partial charge < -0.3 is 4.90 Å². The molecule has 2 aromatic carbocycles. The van der Waals surface area contributed by atoms with Gasteiger partial charge in [-0.1, -0.05) is 18.2 Å². The maximum atomic E-state index is 13.3. The number of para-hydroxylation sites is 1. The Morgan fingerprint density at radius 1 is 0.903 bits per heavy atom. The van der Waals surface area contributed by atoms with E-state index in [0.29, 0.717) is 34.7 Å². The fraction of sp³-hybridized carbons (Fsp3) is 0.364. The number of hydrogen-bond donors (Lipinski definition) is 0. The maximum absolute atomic E-state index is 13.3. The lowest BCUT2D eigenvalue weighted by molar-refractivity contribution is 0.141. The van der Waals surface area contributed by atoms with Crippen LogP contribution in [-0.4, -0.2) is 48.9 Å². The third-order valence-corrected chi connectivity index (χ3v) is 7.94. The lowest BCUT2D eigenvalue weighted by Crippen LogP contribution is -2.49. The molecule has 0 unspecified atom stereocenters. The van der Waals surface area contributed by atoms with Crippen molar-refractivity contribution in [3.8, 4) is 0 Å². The van der Waals surface area contributed by atoms with Gasteiger partial charge in [0.15, 0.2) is 5.82 Å². The summed E-state index contributed by atoms with van der Waals surface area (Å²) in [5.74, 6) is -0.0858. The molecule has 0 N–H and O–H groups in total. The third-order valence-electron chi connectivity index (χ3n) is 6.04. The molecule has 0 bridgehead atoms. The van der Waals surface area contributed by atoms with Crippen LogP contribution in [-0.2, 0) is 22.9 Å². The molecule has 0 atom stereocenters. The van der Waals surface area contributed by atoms with Gasteiger partial charge in [-0.2, -0.15) is 4.31 Å². The quantitative estimate of drug-likeness (QED) is 0.616. The summed E-state index contributed by atoms with van der Waals surface area (Å²) in [5.41, 5.74) is 2.80. The normalized spacial score (nSPS) is 17.5. The molecule has 1 saturated heterocycles. The molecule has 3 aromatic rings. The summed E-state index contributed by atoms with van der Waals surface area (Å²) < 4.78 is 54.4. The van der Waals surface area contributed by atoms with Crippen LogP contribution in [0.15, 0.2) is 47.4 Å². The van der Waals surface area contributed by atoms with Gasteiger partial charge in [0.1, 0.15) is 5.82 Å². The van der Waals surface area contributed by atoms with Gasteiger partial charge in [0.25, 0.3) is 6.43 Å². The highest BCUT2D eigenvalue weighted by atomic mass is 32.2. The minimum absolute atomic E-state index is 0.266. The van der Waals surface area contributed by atoms with E-state index in [1.165, 1.54) is 9.87 Å². The SMILES string of the molecule is O=S(=O)(c1ccc2c(c1)CCC2)N1CCN(c2nc(C(F)F)nc3ccccc23)CC1. The average Bonchev–Trinajstić information content (AvgIpc) is 3.26. The van der Waals surface area contributed by atoms with Crippen LogP contribution in [0.3, 0.4) is 0 Å². The fourth-order valence-electron chi connectivity index (χ4n) is 4.41. The second kappa shape index (κ2) is 7.80. The molecular weight excluding hydrogens is 422 g/mol. The first-order valence-electron chi connectivity index (χ1n) is 10.4. The number of aromatic nitrogens is 2. The lowest BCUT2D eigenvalue weighted by atomic mass is 10.1. The number of rotatable bonds is 4. The van der Waals surface area contributed by atoms with Crippen molar-refractivity contribution in [2.24, 2.45) is 0 Å². The van der Waals surface area contributed by atoms with Gasteiger partial charge in [-0.3, -0.25) is 0 Å². The highest BCUT2D eigenvalue weighted by molar-refractivity contribution is 7.89. The number of anilines is 1. The zero-order chi connectivity index (χ0) is 21.6. The standard InChI is InChI=1S/C22H22F2N4O2S/c23-20(24)21-25-19-7-2-1-6-18(19)22(26-21)27-10-12-28(13-11-27)31(29,30)17-9-8-15-4-3-5-16(15)14-17/h1-2,6-9,14,20H,3-5,10-13H2. The molecule has 0 amide bonds. The summed E-state index contributed by atoms with van der Waals surface area (Å²) in [6.45, 7) is 1.27. The second-order valence-corrected chi connectivity index (χ2v) is 9.84. The van der Waals surface area contributed by atoms with E-state index in [4.69, 9.17) is 0 Å². The largest absolute Gasteiger partial charge is 0.353 e. The Labute approximate surface area is 179 Å². The molecule has 0 spiro atoms. The summed E-state index contributed by atoms with van der Waals surface area (Å²) in [6, 6.07) is 12.5. The molecule has 2 aliphatic rings. The van der Waals surface area contributed by atoms with E-state index < -0.39 is 22.3 Å². The van der Waals surface area contributed by atoms with Gasteiger partial charge in [0.2, 0.25) is 10.0 Å². The predicted molar refractivity (Wildman–Crippen MR) is 114 cm³/mol. The van der Waals surface area contributed by atoms with Crippen LogP contribution < -0.4 is 4.90 Å². The number of sulfonamides is 1. The first kappa shape index (κ1) is 20.3. The van der Waals surface area contributed by atoms with Crippen LogP contribution in [0.25, 0.3) is 10.9 Å². The number of alkyl halides is 2. The van der Waals surface area contributed by atoms with Crippen molar-refractivity contribution in [2.45, 2.75) is 30.6 Å². The highest BCUT2D eigenvalue weighted by Gasteiger charge is 2.31. The third kappa shape index (κ3) is 3.65. The second-order valence-electron chi connectivity index (χ2n) is 7.90. The summed E-state index contributed by atoms with van der Waals surface area (Å²) in [6.07, 6.45) is 0.205. The van der Waals surface area contributed by atoms with Crippen molar-refractivity contribution in [3.05, 3.63) is 59.4 Å². The van der Waals surface area contributed by atoms with E-state index in [-0.39, 0.29) is 13.1 Å². The molecule has 162 valence electrons. The molecule has 1 aliphatic carbocycles. The summed E-state index contributed by atoms with van der Waals surface area (Å²) >= 11 is 0. The van der Waals surface area contributed by atoms with Gasteiger partial charge in [-0.05, 0) is 54.7 Å². The van der Waals surface area contributed by atoms with E-state index in [0.717, 1.165) is 24.8 Å². The van der Waals surface area contributed by atoms with E-state index in [9.17, 15) is 17.2 Å². The molecule has 0 saturated carbocycles. The molecule has 9 heteroatoms. The number of piperazine rings is 1. The fourth-order valence-corrected chi connectivity index (χ4v) is 5.89. The smallest absolute Gasteiger partial charge is 0.297 e. The number of hydrogen-bond acceptors (Lipinski definition) is 5. The molecule has 1 fully saturated rings. The van der Waals surface area contributed by atoms with Crippen molar-refractivity contribution < 1.29 is 17.2 Å². The zero-order valence-electron chi connectivity index (χ0n) is 16.8.